The summed E-state index contributed by atoms with van der Waals surface area (Å²) in [4.78, 5) is 39.2. The van der Waals surface area contributed by atoms with E-state index in [4.69, 9.17) is 4.89 Å². The highest BCUT2D eigenvalue weighted by atomic mass is 31.2. The first-order valence-corrected chi connectivity index (χ1v) is 7.91. The average Bonchev–Trinajstić information content (AvgIpc) is 2.48. The van der Waals surface area contributed by atoms with Crippen molar-refractivity contribution in [3.8, 4) is 0 Å². The summed E-state index contributed by atoms with van der Waals surface area (Å²) in [6.45, 7) is -2.29. The van der Waals surface area contributed by atoms with Gasteiger partial charge in [-0.15, -0.1) is 0 Å². The normalized spacial score (nSPS) is 37.9. The Kier molecular flexibility index (Phi) is 5.48. The lowest BCUT2D eigenvalue weighted by molar-refractivity contribution is -0.344. The molecule has 0 aromatic heterocycles. The highest BCUT2D eigenvalue weighted by Crippen LogP contribution is 2.37. The van der Waals surface area contributed by atoms with Crippen LogP contribution in [0.1, 0.15) is 0 Å². The molecule has 0 spiro atoms. The minimum atomic E-state index is -5.37. The Morgan fingerprint density at radius 1 is 1.20 bits per heavy atom. The Balaban J connectivity index is 2.67. The molecule has 0 aromatic carbocycles. The van der Waals surface area contributed by atoms with Crippen LogP contribution in [0.25, 0.3) is 0 Å². The predicted octanol–water partition coefficient (Wildman–Crippen LogP) is -4.88. The quantitative estimate of drug-likeness (QED) is 0.336. The molecule has 5 unspecified atom stereocenters. The zero-order chi connectivity index (χ0) is 15.8. The van der Waals surface area contributed by atoms with E-state index < -0.39 is 53.0 Å². The van der Waals surface area contributed by atoms with Gasteiger partial charge < -0.3 is 53.2 Å². The molecule has 1 aliphatic rings. The molecule has 0 radical (unpaired) electrons. The molecule has 0 aromatic rings. The zero-order valence-corrected chi connectivity index (χ0v) is 11.4. The molecular formula is C6H11O12P2-3. The predicted molar refractivity (Wildman–Crippen MR) is 51.2 cm³/mol. The standard InChI is InChI=1S/C6H14O12P2/c7-4-3(1-16-19(10,11)12)18-6(9,5(4)8)2-17-20(13,14)15/h3-5,7-9H,1-2H2,(H2,10,11,12)(H2,13,14,15)/p-3. The number of hydrogen-bond donors (Lipinski definition) is 4. The third kappa shape index (κ3) is 5.11. The van der Waals surface area contributed by atoms with Gasteiger partial charge >= 0.3 is 0 Å². The van der Waals surface area contributed by atoms with Crippen molar-refractivity contribution in [2.24, 2.45) is 0 Å². The third-order valence-electron chi connectivity index (χ3n) is 2.35. The lowest BCUT2D eigenvalue weighted by Crippen LogP contribution is -2.46. The molecule has 1 heterocycles. The maximum Gasteiger partial charge on any atom is 0.265 e. The zero-order valence-electron chi connectivity index (χ0n) is 9.60. The molecule has 4 N–H and O–H groups in total. The van der Waals surface area contributed by atoms with Gasteiger partial charge in [0.15, 0.2) is 0 Å². The number of hydrogen-bond acceptors (Lipinski definition) is 11. The lowest BCUT2D eigenvalue weighted by atomic mass is 10.1. The van der Waals surface area contributed by atoms with Crippen LogP contribution in [-0.4, -0.2) is 57.5 Å². The van der Waals surface area contributed by atoms with E-state index >= 15 is 0 Å². The fraction of sp³-hybridized carbons (Fsp3) is 1.00. The molecule has 20 heavy (non-hydrogen) atoms. The van der Waals surface area contributed by atoms with E-state index in [2.05, 4.69) is 13.8 Å². The van der Waals surface area contributed by atoms with E-state index in [9.17, 15) is 39.1 Å². The van der Waals surface area contributed by atoms with Crippen molar-refractivity contribution in [2.75, 3.05) is 13.2 Å². The first kappa shape index (κ1) is 18.1. The minimum absolute atomic E-state index is 1.01. The Hall–Kier alpha value is 0.0600. The molecule has 0 bridgehead atoms. The van der Waals surface area contributed by atoms with Crippen LogP contribution in [-0.2, 0) is 22.9 Å². The summed E-state index contributed by atoms with van der Waals surface area (Å²) >= 11 is 0. The Bertz CT molecular complexity index is 428. The second-order valence-electron chi connectivity index (χ2n) is 3.92. The Morgan fingerprint density at radius 3 is 2.20 bits per heavy atom. The first-order valence-electron chi connectivity index (χ1n) is 4.95. The van der Waals surface area contributed by atoms with Crippen LogP contribution in [0.5, 0.6) is 0 Å². The van der Waals surface area contributed by atoms with Gasteiger partial charge in [0.05, 0.1) is 14.4 Å². The van der Waals surface area contributed by atoms with E-state index in [0.29, 0.717) is 0 Å². The van der Waals surface area contributed by atoms with Gasteiger partial charge in [-0.2, -0.15) is 0 Å². The van der Waals surface area contributed by atoms with Crippen LogP contribution in [0.2, 0.25) is 0 Å². The van der Waals surface area contributed by atoms with Crippen LogP contribution in [0.15, 0.2) is 0 Å². The third-order valence-corrected chi connectivity index (χ3v) is 3.27. The van der Waals surface area contributed by atoms with Gasteiger partial charge in [-0.1, -0.05) is 0 Å². The number of ether oxygens (including phenoxy) is 1. The van der Waals surface area contributed by atoms with Crippen molar-refractivity contribution in [3.63, 3.8) is 0 Å². The fourth-order valence-electron chi connectivity index (χ4n) is 1.46. The van der Waals surface area contributed by atoms with Crippen molar-refractivity contribution < 1.29 is 57.8 Å². The summed E-state index contributed by atoms with van der Waals surface area (Å²) in [5.41, 5.74) is 0. The van der Waals surface area contributed by atoms with Crippen molar-refractivity contribution in [2.45, 2.75) is 24.1 Å². The van der Waals surface area contributed by atoms with Crippen LogP contribution in [0, 0.1) is 0 Å². The Morgan fingerprint density at radius 2 is 1.75 bits per heavy atom. The topological polar surface area (TPSA) is 212 Å². The molecule has 1 saturated heterocycles. The average molecular weight is 337 g/mol. The van der Waals surface area contributed by atoms with Gasteiger partial charge in [0.1, 0.15) is 24.9 Å². The summed E-state index contributed by atoms with van der Waals surface area (Å²) in [7, 11) is -10.6. The van der Waals surface area contributed by atoms with Crippen molar-refractivity contribution in [1.82, 2.24) is 0 Å². The molecule has 0 amide bonds. The molecule has 1 aliphatic heterocycles. The smallest absolute Gasteiger partial charge is 0.265 e. The summed E-state index contributed by atoms with van der Waals surface area (Å²) in [5, 5.41) is 28.6. The highest BCUT2D eigenvalue weighted by molar-refractivity contribution is 7.44. The summed E-state index contributed by atoms with van der Waals surface area (Å²) in [6.07, 6.45) is -5.63. The largest absolute Gasteiger partial charge is 0.790 e. The van der Waals surface area contributed by atoms with Crippen molar-refractivity contribution >= 4 is 15.6 Å². The highest BCUT2D eigenvalue weighted by Gasteiger charge is 2.54. The summed E-state index contributed by atoms with van der Waals surface area (Å²) in [6, 6.07) is 0. The number of rotatable bonds is 6. The maximum absolute atomic E-state index is 10.4. The second-order valence-corrected chi connectivity index (χ2v) is 6.27. The van der Waals surface area contributed by atoms with Gasteiger partial charge in [-0.3, -0.25) is 4.57 Å². The van der Waals surface area contributed by atoms with Gasteiger partial charge in [0.2, 0.25) is 5.79 Å². The van der Waals surface area contributed by atoms with Gasteiger partial charge in [0.25, 0.3) is 7.82 Å². The number of aliphatic hydroxyl groups is 3. The van der Waals surface area contributed by atoms with Crippen LogP contribution in [0.3, 0.4) is 0 Å². The number of aliphatic hydroxyl groups excluding tert-OH is 2. The molecule has 14 heteroatoms. The summed E-state index contributed by atoms with van der Waals surface area (Å²) in [5.74, 6) is -2.74. The second kappa shape index (κ2) is 6.05. The van der Waals surface area contributed by atoms with Gasteiger partial charge in [-0.25, -0.2) is 0 Å². The minimum Gasteiger partial charge on any atom is -0.790 e. The van der Waals surface area contributed by atoms with E-state index in [1.807, 2.05) is 0 Å². The molecule has 1 rings (SSSR count). The van der Waals surface area contributed by atoms with Crippen LogP contribution < -0.4 is 14.7 Å². The fourth-order valence-corrected chi connectivity index (χ4v) is 2.14. The van der Waals surface area contributed by atoms with Crippen LogP contribution in [0.4, 0.5) is 0 Å². The Labute approximate surface area is 112 Å². The molecular weight excluding hydrogens is 326 g/mol. The number of phosphoric ester groups is 2. The van der Waals surface area contributed by atoms with E-state index in [0.717, 1.165) is 0 Å². The van der Waals surface area contributed by atoms with Gasteiger partial charge in [-0.05, 0) is 0 Å². The van der Waals surface area contributed by atoms with E-state index in [-0.39, 0.29) is 0 Å². The van der Waals surface area contributed by atoms with Crippen LogP contribution >= 0.6 is 15.6 Å². The lowest BCUT2D eigenvalue weighted by Gasteiger charge is -2.30. The monoisotopic (exact) mass is 337 g/mol. The van der Waals surface area contributed by atoms with Crippen molar-refractivity contribution in [1.29, 1.82) is 0 Å². The molecule has 5 atom stereocenters. The SMILES string of the molecule is O=P([O-])([O-])OCC1OC(O)(COP(=O)([O-])O)C(O)C1O. The molecule has 120 valence electrons. The first-order chi connectivity index (χ1) is 8.84. The summed E-state index contributed by atoms with van der Waals surface area (Å²) < 4.78 is 32.8. The van der Waals surface area contributed by atoms with E-state index in [1.165, 1.54) is 0 Å². The van der Waals surface area contributed by atoms with Gasteiger partial charge in [0, 0.05) is 0 Å². The number of phosphoric acid groups is 2. The molecule has 0 aliphatic carbocycles. The maximum atomic E-state index is 10.4. The molecule has 0 saturated carbocycles. The molecule has 1 fully saturated rings. The van der Waals surface area contributed by atoms with E-state index in [1.54, 1.807) is 0 Å². The van der Waals surface area contributed by atoms with Crippen molar-refractivity contribution in [3.05, 3.63) is 0 Å². The molecule has 12 nitrogen and oxygen atoms in total.